The summed E-state index contributed by atoms with van der Waals surface area (Å²) in [5.74, 6) is 0.892. The van der Waals surface area contributed by atoms with Crippen LogP contribution >= 0.6 is 0 Å². The molecule has 0 saturated carbocycles. The van der Waals surface area contributed by atoms with Crippen molar-refractivity contribution in [3.63, 3.8) is 0 Å². The number of hydrogen-bond donors (Lipinski definition) is 1. The lowest BCUT2D eigenvalue weighted by atomic mass is 10.1. The minimum atomic E-state index is -4.40. The Morgan fingerprint density at radius 2 is 1.79 bits per heavy atom. The highest BCUT2D eigenvalue weighted by Gasteiger charge is 2.31. The summed E-state index contributed by atoms with van der Waals surface area (Å²) in [6, 6.07) is 7.88. The van der Waals surface area contributed by atoms with Crippen LogP contribution < -0.4 is 10.2 Å². The fourth-order valence-electron chi connectivity index (χ4n) is 3.62. The number of alkyl halides is 3. The molecule has 174 valence electrons. The average Bonchev–Trinajstić information content (AvgIpc) is 2.78. The summed E-state index contributed by atoms with van der Waals surface area (Å²) in [4.78, 5) is 15.0. The zero-order chi connectivity index (χ0) is 23.8. The molecule has 0 saturated heterocycles. The number of pyridine rings is 1. The third kappa shape index (κ3) is 4.63. The lowest BCUT2D eigenvalue weighted by Crippen LogP contribution is -2.34. The van der Waals surface area contributed by atoms with Crippen LogP contribution in [0.5, 0.6) is 0 Å². The first-order chi connectivity index (χ1) is 15.6. The highest BCUT2D eigenvalue weighted by atomic mass is 32.2. The lowest BCUT2D eigenvalue weighted by molar-refractivity contribution is -0.137. The molecule has 3 aromatic rings. The van der Waals surface area contributed by atoms with E-state index >= 15 is 0 Å². The van der Waals surface area contributed by atoms with Gasteiger partial charge in [0.25, 0.3) is 0 Å². The Balaban J connectivity index is 1.60. The number of rotatable bonds is 5. The Bertz CT molecular complexity index is 1260. The Morgan fingerprint density at radius 3 is 2.45 bits per heavy atom. The van der Waals surface area contributed by atoms with Crippen LogP contribution in [0.3, 0.4) is 0 Å². The molecule has 0 bridgehead atoms. The number of nitrogens with zero attached hydrogens (tertiary/aromatic N) is 4. The van der Waals surface area contributed by atoms with Gasteiger partial charge in [0.05, 0.1) is 23.1 Å². The summed E-state index contributed by atoms with van der Waals surface area (Å²) in [6.07, 6.45) is -0.957. The van der Waals surface area contributed by atoms with Crippen molar-refractivity contribution in [2.45, 2.75) is 43.1 Å². The molecule has 1 aliphatic heterocycles. The van der Waals surface area contributed by atoms with Gasteiger partial charge in [0.15, 0.2) is 9.84 Å². The van der Waals surface area contributed by atoms with E-state index in [-0.39, 0.29) is 4.90 Å². The van der Waals surface area contributed by atoms with E-state index in [1.54, 1.807) is 32.2 Å². The summed E-state index contributed by atoms with van der Waals surface area (Å²) in [7, 11) is -3.53. The van der Waals surface area contributed by atoms with E-state index in [0.29, 0.717) is 42.5 Å². The molecule has 33 heavy (non-hydrogen) atoms. The molecule has 0 spiro atoms. The molecule has 0 fully saturated rings. The van der Waals surface area contributed by atoms with E-state index in [2.05, 4.69) is 20.3 Å². The van der Waals surface area contributed by atoms with Gasteiger partial charge in [-0.1, -0.05) is 0 Å². The van der Waals surface area contributed by atoms with Crippen LogP contribution in [0.1, 0.15) is 30.7 Å². The molecule has 1 N–H and O–H groups in total. The summed E-state index contributed by atoms with van der Waals surface area (Å²) >= 11 is 0. The molecule has 0 amide bonds. The Labute approximate surface area is 189 Å². The molecule has 0 radical (unpaired) electrons. The maximum atomic E-state index is 12.8. The second-order valence-electron chi connectivity index (χ2n) is 7.94. The summed E-state index contributed by atoms with van der Waals surface area (Å²) < 4.78 is 64.0. The molecular formula is C22H22F3N5O2S. The molecule has 11 heteroatoms. The van der Waals surface area contributed by atoms with Gasteiger partial charge in [-0.05, 0) is 56.7 Å². The van der Waals surface area contributed by atoms with Crippen LogP contribution in [0.15, 0.2) is 53.8 Å². The predicted octanol–water partition coefficient (Wildman–Crippen LogP) is 4.38. The quantitative estimate of drug-likeness (QED) is 0.584. The maximum absolute atomic E-state index is 12.8. The van der Waals surface area contributed by atoms with Gasteiger partial charge in [0, 0.05) is 24.0 Å². The van der Waals surface area contributed by atoms with Crippen LogP contribution in [-0.2, 0) is 29.0 Å². The SMILES string of the molecule is CC(C)S(=O)(=O)c1cccnc1N1CCc2c(ncnc2Nc2ccc(C(F)(F)F)cc2)C1. The highest BCUT2D eigenvalue weighted by molar-refractivity contribution is 7.92. The fraction of sp³-hybridized carbons (Fsp3) is 0.318. The van der Waals surface area contributed by atoms with Crippen molar-refractivity contribution < 1.29 is 21.6 Å². The second-order valence-corrected chi connectivity index (χ2v) is 10.4. The van der Waals surface area contributed by atoms with Gasteiger partial charge in [-0.25, -0.2) is 23.4 Å². The smallest absolute Gasteiger partial charge is 0.349 e. The number of benzene rings is 1. The third-order valence-electron chi connectivity index (χ3n) is 5.46. The molecular weight excluding hydrogens is 455 g/mol. The summed E-state index contributed by atoms with van der Waals surface area (Å²) in [6.45, 7) is 4.07. The Morgan fingerprint density at radius 1 is 1.06 bits per heavy atom. The second kappa shape index (κ2) is 8.62. The molecule has 0 aliphatic carbocycles. The largest absolute Gasteiger partial charge is 0.416 e. The standard InChI is InChI=1S/C22H22F3N5O2S/c1-14(2)33(31,32)19-4-3-10-26-21(19)30-11-9-17-18(12-30)27-13-28-20(17)29-16-7-5-15(6-8-16)22(23,24)25/h3-8,10,13-14H,9,11-12H2,1-2H3,(H,27,28,29). The van der Waals surface area contributed by atoms with Crippen molar-refractivity contribution in [3.8, 4) is 0 Å². The summed E-state index contributed by atoms with van der Waals surface area (Å²) in [5.41, 5.74) is 1.28. The van der Waals surface area contributed by atoms with Gasteiger partial charge in [-0.3, -0.25) is 0 Å². The van der Waals surface area contributed by atoms with Gasteiger partial charge in [0.2, 0.25) is 0 Å². The van der Waals surface area contributed by atoms with Crippen molar-refractivity contribution in [2.24, 2.45) is 0 Å². The first-order valence-corrected chi connectivity index (χ1v) is 11.8. The zero-order valence-corrected chi connectivity index (χ0v) is 18.8. The first-order valence-electron chi connectivity index (χ1n) is 10.3. The number of nitrogens with one attached hydrogen (secondary N) is 1. The first kappa shape index (κ1) is 23.0. The molecule has 7 nitrogen and oxygen atoms in total. The molecule has 4 rings (SSSR count). The van der Waals surface area contributed by atoms with Crippen LogP contribution in [0.4, 0.5) is 30.5 Å². The van der Waals surface area contributed by atoms with Crippen LogP contribution in [0.2, 0.25) is 0 Å². The van der Waals surface area contributed by atoms with Crippen molar-refractivity contribution in [1.82, 2.24) is 15.0 Å². The number of fused-ring (bicyclic) bond motifs is 1. The fourth-order valence-corrected chi connectivity index (χ4v) is 4.83. The predicted molar refractivity (Wildman–Crippen MR) is 118 cm³/mol. The van der Waals surface area contributed by atoms with E-state index in [1.165, 1.54) is 18.5 Å². The lowest BCUT2D eigenvalue weighted by Gasteiger charge is -2.31. The summed E-state index contributed by atoms with van der Waals surface area (Å²) in [5, 5.41) is 2.48. The molecule has 1 aliphatic rings. The van der Waals surface area contributed by atoms with Gasteiger partial charge < -0.3 is 10.2 Å². The van der Waals surface area contributed by atoms with E-state index in [4.69, 9.17) is 0 Å². The van der Waals surface area contributed by atoms with E-state index in [1.807, 2.05) is 4.90 Å². The topological polar surface area (TPSA) is 88.1 Å². The maximum Gasteiger partial charge on any atom is 0.416 e. The minimum Gasteiger partial charge on any atom is -0.349 e. The van der Waals surface area contributed by atoms with E-state index in [9.17, 15) is 21.6 Å². The van der Waals surface area contributed by atoms with E-state index in [0.717, 1.165) is 17.7 Å². The number of sulfone groups is 1. The third-order valence-corrected chi connectivity index (χ3v) is 7.63. The Kier molecular flexibility index (Phi) is 6.00. The normalized spacial score (nSPS) is 14.3. The highest BCUT2D eigenvalue weighted by Crippen LogP contribution is 2.33. The zero-order valence-electron chi connectivity index (χ0n) is 18.0. The number of hydrogen-bond acceptors (Lipinski definition) is 7. The van der Waals surface area contributed by atoms with Crippen LogP contribution in [0, 0.1) is 0 Å². The molecule has 3 heterocycles. The minimum absolute atomic E-state index is 0.181. The molecule has 0 atom stereocenters. The number of aromatic nitrogens is 3. The monoisotopic (exact) mass is 477 g/mol. The van der Waals surface area contributed by atoms with Crippen LogP contribution in [0.25, 0.3) is 0 Å². The van der Waals surface area contributed by atoms with Crippen molar-refractivity contribution in [1.29, 1.82) is 0 Å². The van der Waals surface area contributed by atoms with Crippen molar-refractivity contribution in [2.75, 3.05) is 16.8 Å². The van der Waals surface area contributed by atoms with Gasteiger partial charge in [-0.2, -0.15) is 13.2 Å². The van der Waals surface area contributed by atoms with Crippen molar-refractivity contribution >= 4 is 27.2 Å². The van der Waals surface area contributed by atoms with Gasteiger partial charge in [0.1, 0.15) is 22.9 Å². The van der Waals surface area contributed by atoms with Crippen LogP contribution in [-0.4, -0.2) is 35.2 Å². The molecule has 2 aromatic heterocycles. The van der Waals surface area contributed by atoms with Crippen molar-refractivity contribution in [3.05, 3.63) is 65.7 Å². The average molecular weight is 478 g/mol. The Hall–Kier alpha value is -3.21. The molecule has 1 aromatic carbocycles. The van der Waals surface area contributed by atoms with Gasteiger partial charge >= 0.3 is 6.18 Å². The van der Waals surface area contributed by atoms with E-state index < -0.39 is 26.8 Å². The van der Waals surface area contributed by atoms with Gasteiger partial charge in [-0.15, -0.1) is 0 Å². The number of halogens is 3. The molecule has 0 unspecified atom stereocenters. The number of anilines is 3.